The van der Waals surface area contributed by atoms with E-state index in [1.165, 1.54) is 0 Å². The van der Waals surface area contributed by atoms with Crippen molar-refractivity contribution in [3.05, 3.63) is 17.7 Å². The molecule has 0 aliphatic carbocycles. The molecule has 0 fully saturated rings. The minimum atomic E-state index is 0. The zero-order chi connectivity index (χ0) is 12.0. The van der Waals surface area contributed by atoms with Gasteiger partial charge < -0.3 is 25.2 Å². The molecule has 0 saturated carbocycles. The van der Waals surface area contributed by atoms with Gasteiger partial charge in [0.1, 0.15) is 5.75 Å². The van der Waals surface area contributed by atoms with Crippen LogP contribution in [0.25, 0.3) is 0 Å². The molecule has 6 heteroatoms. The second kappa shape index (κ2) is 9.87. The highest BCUT2D eigenvalue weighted by atomic mass is 32.2. The fourth-order valence-electron chi connectivity index (χ4n) is 1.39. The number of aryl methyl sites for hydroxylation is 1. The third-order valence-corrected chi connectivity index (χ3v) is 2.78. The highest BCUT2D eigenvalue weighted by Crippen LogP contribution is 2.35. The molecule has 1 rings (SSSR count). The molecule has 0 spiro atoms. The van der Waals surface area contributed by atoms with Gasteiger partial charge >= 0.3 is 0 Å². The summed E-state index contributed by atoms with van der Waals surface area (Å²) in [6.07, 6.45) is 2.06. The van der Waals surface area contributed by atoms with Crippen molar-refractivity contribution in [1.82, 2.24) is 0 Å². The van der Waals surface area contributed by atoms with Crippen molar-refractivity contribution in [2.45, 2.75) is 6.92 Å². The van der Waals surface area contributed by atoms with Gasteiger partial charge in [-0.1, -0.05) is 0 Å². The van der Waals surface area contributed by atoms with Crippen LogP contribution in [-0.4, -0.2) is 43.8 Å². The maximum atomic E-state index is 5.70. The Bertz CT molecular complexity index is 343. The fraction of sp³-hybridized carbons (Fsp3) is 0.500. The van der Waals surface area contributed by atoms with Gasteiger partial charge in [0.25, 0.3) is 0 Å². The molecular formula is C12H22O5S. The fourth-order valence-corrected chi connectivity index (χ4v) is 1.64. The van der Waals surface area contributed by atoms with Crippen LogP contribution in [0.1, 0.15) is 5.56 Å². The van der Waals surface area contributed by atoms with E-state index in [1.807, 2.05) is 19.1 Å². The molecule has 0 aromatic heterocycles. The molecule has 1 aromatic rings. The lowest BCUT2D eigenvalue weighted by Crippen LogP contribution is -2.03. The summed E-state index contributed by atoms with van der Waals surface area (Å²) in [5.41, 5.74) is 1.03. The van der Waals surface area contributed by atoms with Crippen LogP contribution >= 0.6 is 11.8 Å². The molecule has 0 saturated heterocycles. The SMILES string of the molecule is COc1cc(C)c(OCCSC)c(OC)c1.O.O. The Balaban J connectivity index is 0. The van der Waals surface area contributed by atoms with E-state index in [4.69, 9.17) is 14.2 Å². The molecule has 0 atom stereocenters. The van der Waals surface area contributed by atoms with Gasteiger partial charge in [-0.15, -0.1) is 0 Å². The second-order valence-corrected chi connectivity index (χ2v) is 4.30. The summed E-state index contributed by atoms with van der Waals surface area (Å²) in [6.45, 7) is 2.67. The van der Waals surface area contributed by atoms with E-state index in [9.17, 15) is 0 Å². The van der Waals surface area contributed by atoms with Crippen molar-refractivity contribution in [2.75, 3.05) is 32.8 Å². The molecule has 0 bridgehead atoms. The Hall–Kier alpha value is -1.11. The molecule has 0 aliphatic heterocycles. The average Bonchev–Trinajstić information content (AvgIpc) is 2.30. The monoisotopic (exact) mass is 278 g/mol. The number of hydrogen-bond donors (Lipinski definition) is 0. The normalized spacial score (nSPS) is 8.89. The minimum Gasteiger partial charge on any atom is -0.497 e. The van der Waals surface area contributed by atoms with E-state index >= 15 is 0 Å². The van der Waals surface area contributed by atoms with Crippen molar-refractivity contribution >= 4 is 11.8 Å². The molecule has 18 heavy (non-hydrogen) atoms. The Morgan fingerprint density at radius 3 is 2.28 bits per heavy atom. The topological polar surface area (TPSA) is 90.7 Å². The van der Waals surface area contributed by atoms with Gasteiger partial charge in [-0.3, -0.25) is 0 Å². The van der Waals surface area contributed by atoms with Gasteiger partial charge in [-0.25, -0.2) is 0 Å². The van der Waals surface area contributed by atoms with Crippen LogP contribution in [-0.2, 0) is 0 Å². The van der Waals surface area contributed by atoms with E-state index in [1.54, 1.807) is 26.0 Å². The maximum absolute atomic E-state index is 5.70. The molecule has 106 valence electrons. The first kappa shape index (κ1) is 19.2. The summed E-state index contributed by atoms with van der Waals surface area (Å²) in [5, 5.41) is 0. The quantitative estimate of drug-likeness (QED) is 0.729. The molecule has 0 unspecified atom stereocenters. The third kappa shape index (κ3) is 5.03. The summed E-state index contributed by atoms with van der Waals surface area (Å²) in [5.74, 6) is 3.27. The Labute approximate surface area is 112 Å². The number of benzene rings is 1. The molecule has 0 heterocycles. The first-order valence-electron chi connectivity index (χ1n) is 5.07. The Kier molecular flexibility index (Phi) is 10.6. The number of hydrogen-bond acceptors (Lipinski definition) is 4. The van der Waals surface area contributed by atoms with E-state index in [0.717, 1.165) is 28.6 Å². The van der Waals surface area contributed by atoms with Crippen molar-refractivity contribution in [3.8, 4) is 17.2 Å². The predicted octanol–water partition coefficient (Wildman–Crippen LogP) is 1.10. The van der Waals surface area contributed by atoms with Crippen molar-refractivity contribution in [3.63, 3.8) is 0 Å². The summed E-state index contributed by atoms with van der Waals surface area (Å²) in [6, 6.07) is 3.78. The zero-order valence-corrected chi connectivity index (χ0v) is 12.0. The van der Waals surface area contributed by atoms with Gasteiger partial charge in [0.05, 0.1) is 20.8 Å². The molecule has 5 nitrogen and oxygen atoms in total. The van der Waals surface area contributed by atoms with Crippen LogP contribution < -0.4 is 14.2 Å². The molecule has 4 N–H and O–H groups in total. The predicted molar refractivity (Wildman–Crippen MR) is 75.4 cm³/mol. The number of rotatable bonds is 6. The van der Waals surface area contributed by atoms with Crippen LogP contribution in [0.5, 0.6) is 17.2 Å². The van der Waals surface area contributed by atoms with Crippen molar-refractivity contribution in [2.24, 2.45) is 0 Å². The van der Waals surface area contributed by atoms with E-state index < -0.39 is 0 Å². The van der Waals surface area contributed by atoms with E-state index in [2.05, 4.69) is 6.26 Å². The second-order valence-electron chi connectivity index (χ2n) is 3.32. The van der Waals surface area contributed by atoms with Crippen LogP contribution in [0.3, 0.4) is 0 Å². The molecule has 0 radical (unpaired) electrons. The lowest BCUT2D eigenvalue weighted by Gasteiger charge is -2.14. The summed E-state index contributed by atoms with van der Waals surface area (Å²) in [7, 11) is 3.28. The van der Waals surface area contributed by atoms with Gasteiger partial charge in [0.15, 0.2) is 11.5 Å². The van der Waals surface area contributed by atoms with Gasteiger partial charge in [-0.2, -0.15) is 11.8 Å². The van der Waals surface area contributed by atoms with Gasteiger partial charge in [0.2, 0.25) is 0 Å². The molecular weight excluding hydrogens is 256 g/mol. The summed E-state index contributed by atoms with van der Waals surface area (Å²) < 4.78 is 16.2. The van der Waals surface area contributed by atoms with Gasteiger partial charge in [-0.05, 0) is 24.8 Å². The smallest absolute Gasteiger partial charge is 0.164 e. The lowest BCUT2D eigenvalue weighted by molar-refractivity contribution is 0.309. The Morgan fingerprint density at radius 2 is 1.78 bits per heavy atom. The number of methoxy groups -OCH3 is 2. The summed E-state index contributed by atoms with van der Waals surface area (Å²) >= 11 is 1.76. The molecule has 0 aliphatic rings. The highest BCUT2D eigenvalue weighted by molar-refractivity contribution is 7.98. The number of thioether (sulfide) groups is 1. The van der Waals surface area contributed by atoms with Crippen molar-refractivity contribution in [1.29, 1.82) is 0 Å². The van der Waals surface area contributed by atoms with Crippen molar-refractivity contribution < 1.29 is 25.2 Å². The van der Waals surface area contributed by atoms with E-state index in [0.29, 0.717) is 6.61 Å². The van der Waals surface area contributed by atoms with Crippen LogP contribution in [0.15, 0.2) is 12.1 Å². The van der Waals surface area contributed by atoms with E-state index in [-0.39, 0.29) is 11.0 Å². The molecule has 1 aromatic carbocycles. The summed E-state index contributed by atoms with van der Waals surface area (Å²) in [4.78, 5) is 0. The first-order valence-corrected chi connectivity index (χ1v) is 6.46. The standard InChI is InChI=1S/C12H18O3S.2H2O/c1-9-7-10(13-2)8-11(14-3)12(9)15-5-6-16-4;;/h7-8H,5-6H2,1-4H3;2*1H2. The van der Waals surface area contributed by atoms with Crippen LogP contribution in [0.2, 0.25) is 0 Å². The maximum Gasteiger partial charge on any atom is 0.164 e. The largest absolute Gasteiger partial charge is 0.497 e. The third-order valence-electron chi connectivity index (χ3n) is 2.20. The molecule has 0 amide bonds. The Morgan fingerprint density at radius 1 is 1.11 bits per heavy atom. The first-order chi connectivity index (χ1) is 7.72. The van der Waals surface area contributed by atoms with Crippen LogP contribution in [0.4, 0.5) is 0 Å². The number of ether oxygens (including phenoxy) is 3. The minimum absolute atomic E-state index is 0. The zero-order valence-electron chi connectivity index (χ0n) is 11.2. The van der Waals surface area contributed by atoms with Crippen LogP contribution in [0, 0.1) is 6.92 Å². The van der Waals surface area contributed by atoms with Gasteiger partial charge in [0, 0.05) is 11.8 Å². The average molecular weight is 278 g/mol. The lowest BCUT2D eigenvalue weighted by atomic mass is 10.2. The highest BCUT2D eigenvalue weighted by Gasteiger charge is 2.10.